The van der Waals surface area contributed by atoms with E-state index >= 15 is 0 Å². The average Bonchev–Trinajstić information content (AvgIpc) is 3.15. The van der Waals surface area contributed by atoms with Gasteiger partial charge in [0.15, 0.2) is 6.61 Å². The van der Waals surface area contributed by atoms with E-state index in [9.17, 15) is 14.4 Å². The number of hydrogen-bond donors (Lipinski definition) is 2. The van der Waals surface area contributed by atoms with Crippen LogP contribution in [0.25, 0.3) is 0 Å². The molecule has 0 aliphatic heterocycles. The van der Waals surface area contributed by atoms with Gasteiger partial charge < -0.3 is 20.3 Å². The van der Waals surface area contributed by atoms with Gasteiger partial charge in [-0.25, -0.2) is 0 Å². The van der Waals surface area contributed by atoms with Crippen LogP contribution < -0.4 is 15.4 Å². The van der Waals surface area contributed by atoms with E-state index in [0.717, 1.165) is 0 Å². The van der Waals surface area contributed by atoms with Gasteiger partial charge in [-0.3, -0.25) is 14.4 Å². The number of nitrogens with one attached hydrogen (secondary N) is 2. The van der Waals surface area contributed by atoms with Gasteiger partial charge in [-0.1, -0.05) is 6.07 Å². The minimum atomic E-state index is -0.298. The fraction of sp³-hybridized carbons (Fsp3) is 0.278. The van der Waals surface area contributed by atoms with Crippen molar-refractivity contribution in [1.82, 2.24) is 10.2 Å². The zero-order valence-corrected chi connectivity index (χ0v) is 15.5. The Hall–Kier alpha value is -2.87. The number of nitrogens with zero attached hydrogens (tertiary/aromatic N) is 1. The summed E-state index contributed by atoms with van der Waals surface area (Å²) in [5, 5.41) is 7.18. The molecule has 0 unspecified atom stereocenters. The summed E-state index contributed by atoms with van der Waals surface area (Å²) in [5.41, 5.74) is 0.581. The Morgan fingerprint density at radius 1 is 1.12 bits per heavy atom. The first-order valence-electron chi connectivity index (χ1n) is 8.08. The summed E-state index contributed by atoms with van der Waals surface area (Å²) >= 11 is 1.34. The van der Waals surface area contributed by atoms with Crippen LogP contribution in [0.2, 0.25) is 0 Å². The Balaban J connectivity index is 1.81. The topological polar surface area (TPSA) is 87.7 Å². The van der Waals surface area contributed by atoms with Crippen molar-refractivity contribution in [2.24, 2.45) is 0 Å². The Kier molecular flexibility index (Phi) is 7.16. The van der Waals surface area contributed by atoms with E-state index in [1.807, 2.05) is 12.3 Å². The van der Waals surface area contributed by atoms with E-state index in [0.29, 0.717) is 22.9 Å². The molecule has 0 aliphatic rings. The molecule has 2 rings (SSSR count). The molecule has 0 radical (unpaired) electrons. The van der Waals surface area contributed by atoms with Crippen LogP contribution in [0.1, 0.15) is 16.6 Å². The van der Waals surface area contributed by atoms with E-state index in [-0.39, 0.29) is 30.9 Å². The predicted molar refractivity (Wildman–Crippen MR) is 101 cm³/mol. The average molecular weight is 375 g/mol. The van der Waals surface area contributed by atoms with Crippen LogP contribution in [-0.2, 0) is 9.59 Å². The smallest absolute Gasteiger partial charge is 0.264 e. The molecule has 2 aromatic rings. The van der Waals surface area contributed by atoms with Crippen molar-refractivity contribution in [2.45, 2.75) is 6.92 Å². The highest BCUT2D eigenvalue weighted by Crippen LogP contribution is 2.16. The normalized spacial score (nSPS) is 10.1. The molecule has 0 saturated carbocycles. The fourth-order valence-corrected chi connectivity index (χ4v) is 2.83. The molecule has 138 valence electrons. The van der Waals surface area contributed by atoms with E-state index < -0.39 is 0 Å². The van der Waals surface area contributed by atoms with E-state index in [1.54, 1.807) is 43.4 Å². The number of amides is 3. The lowest BCUT2D eigenvalue weighted by Gasteiger charge is -2.16. The van der Waals surface area contributed by atoms with Crippen LogP contribution in [-0.4, -0.2) is 49.4 Å². The highest BCUT2D eigenvalue weighted by molar-refractivity contribution is 7.12. The Morgan fingerprint density at radius 2 is 1.85 bits per heavy atom. The van der Waals surface area contributed by atoms with Gasteiger partial charge in [0.1, 0.15) is 5.75 Å². The first kappa shape index (κ1) is 19.5. The number of rotatable bonds is 8. The van der Waals surface area contributed by atoms with Crippen molar-refractivity contribution in [3.63, 3.8) is 0 Å². The van der Waals surface area contributed by atoms with Gasteiger partial charge in [0.25, 0.3) is 11.8 Å². The molecule has 26 heavy (non-hydrogen) atoms. The predicted octanol–water partition coefficient (Wildman–Crippen LogP) is 1.97. The van der Waals surface area contributed by atoms with Crippen molar-refractivity contribution in [3.8, 4) is 5.75 Å². The van der Waals surface area contributed by atoms with Gasteiger partial charge in [0, 0.05) is 19.3 Å². The highest BCUT2D eigenvalue weighted by atomic mass is 32.1. The SMILES string of the molecule is CCNC(=O)COc1ccc(NC(=O)CN(C)C(=O)c2cccs2)cc1. The van der Waals surface area contributed by atoms with Gasteiger partial charge in [-0.05, 0) is 42.6 Å². The van der Waals surface area contributed by atoms with Crippen molar-refractivity contribution in [1.29, 1.82) is 0 Å². The summed E-state index contributed by atoms with van der Waals surface area (Å²) < 4.78 is 5.34. The number of benzene rings is 1. The number of likely N-dealkylation sites (N-methyl/N-ethyl adjacent to an activating group) is 2. The van der Waals surface area contributed by atoms with Crippen LogP contribution in [0.4, 0.5) is 5.69 Å². The minimum Gasteiger partial charge on any atom is -0.484 e. The maximum Gasteiger partial charge on any atom is 0.264 e. The van der Waals surface area contributed by atoms with Gasteiger partial charge in [0.05, 0.1) is 11.4 Å². The first-order valence-corrected chi connectivity index (χ1v) is 8.96. The number of carbonyl (C=O) groups excluding carboxylic acids is 3. The van der Waals surface area contributed by atoms with Crippen molar-refractivity contribution < 1.29 is 19.1 Å². The third-order valence-electron chi connectivity index (χ3n) is 3.34. The minimum absolute atomic E-state index is 0.0494. The van der Waals surface area contributed by atoms with Crippen LogP contribution in [0.15, 0.2) is 41.8 Å². The second-order valence-corrected chi connectivity index (χ2v) is 6.40. The quantitative estimate of drug-likeness (QED) is 0.738. The molecule has 8 heteroatoms. The van der Waals surface area contributed by atoms with Crippen LogP contribution in [0.3, 0.4) is 0 Å². The molecule has 7 nitrogen and oxygen atoms in total. The maximum absolute atomic E-state index is 12.1. The third kappa shape index (κ3) is 5.89. The highest BCUT2D eigenvalue weighted by Gasteiger charge is 2.15. The molecule has 0 fully saturated rings. The molecule has 0 spiro atoms. The fourth-order valence-electron chi connectivity index (χ4n) is 2.11. The lowest BCUT2D eigenvalue weighted by molar-refractivity contribution is -0.123. The molecule has 2 N–H and O–H groups in total. The monoisotopic (exact) mass is 375 g/mol. The summed E-state index contributed by atoms with van der Waals surface area (Å²) in [5.74, 6) is -0.153. The summed E-state index contributed by atoms with van der Waals surface area (Å²) in [4.78, 5) is 37.5. The standard InChI is InChI=1S/C18H21N3O4S/c1-3-19-17(23)12-25-14-8-6-13(7-9-14)20-16(22)11-21(2)18(24)15-5-4-10-26-15/h4-10H,3,11-12H2,1-2H3,(H,19,23)(H,20,22). The Labute approximate surface area is 156 Å². The maximum atomic E-state index is 12.1. The molecular weight excluding hydrogens is 354 g/mol. The zero-order valence-electron chi connectivity index (χ0n) is 14.7. The third-order valence-corrected chi connectivity index (χ3v) is 4.20. The molecule has 1 heterocycles. The van der Waals surface area contributed by atoms with Crippen molar-refractivity contribution in [3.05, 3.63) is 46.7 Å². The molecule has 0 bridgehead atoms. The van der Waals surface area contributed by atoms with Crippen LogP contribution in [0, 0.1) is 0 Å². The molecule has 1 aromatic heterocycles. The van der Waals surface area contributed by atoms with Gasteiger partial charge in [-0.2, -0.15) is 0 Å². The number of thiophene rings is 1. The number of carbonyl (C=O) groups is 3. The Morgan fingerprint density at radius 3 is 2.46 bits per heavy atom. The number of anilines is 1. The van der Waals surface area contributed by atoms with Gasteiger partial charge in [-0.15, -0.1) is 11.3 Å². The van der Waals surface area contributed by atoms with Crippen LogP contribution in [0.5, 0.6) is 5.75 Å². The summed E-state index contributed by atoms with van der Waals surface area (Å²) in [6.45, 7) is 2.28. The summed E-state index contributed by atoms with van der Waals surface area (Å²) in [7, 11) is 1.58. The van der Waals surface area contributed by atoms with E-state index in [2.05, 4.69) is 10.6 Å². The summed E-state index contributed by atoms with van der Waals surface area (Å²) in [6, 6.07) is 10.2. The summed E-state index contributed by atoms with van der Waals surface area (Å²) in [6.07, 6.45) is 0. The van der Waals surface area contributed by atoms with Crippen molar-refractivity contribution in [2.75, 3.05) is 32.1 Å². The lowest BCUT2D eigenvalue weighted by Crippen LogP contribution is -2.34. The van der Waals surface area contributed by atoms with Gasteiger partial charge in [0.2, 0.25) is 5.91 Å². The first-order chi connectivity index (χ1) is 12.5. The molecule has 0 aliphatic carbocycles. The molecule has 3 amide bonds. The zero-order chi connectivity index (χ0) is 18.9. The second kappa shape index (κ2) is 9.57. The number of hydrogen-bond acceptors (Lipinski definition) is 5. The van der Waals surface area contributed by atoms with E-state index in [4.69, 9.17) is 4.74 Å². The largest absolute Gasteiger partial charge is 0.484 e. The molecule has 0 atom stereocenters. The molecular formula is C18H21N3O4S. The lowest BCUT2D eigenvalue weighted by atomic mass is 10.3. The molecule has 0 saturated heterocycles. The second-order valence-electron chi connectivity index (χ2n) is 5.45. The van der Waals surface area contributed by atoms with E-state index in [1.165, 1.54) is 16.2 Å². The van der Waals surface area contributed by atoms with Crippen LogP contribution >= 0.6 is 11.3 Å². The Bertz CT molecular complexity index is 744. The number of ether oxygens (including phenoxy) is 1. The van der Waals surface area contributed by atoms with Gasteiger partial charge >= 0.3 is 0 Å². The van der Waals surface area contributed by atoms with Crippen molar-refractivity contribution >= 4 is 34.7 Å². The molecule has 1 aromatic carbocycles.